The summed E-state index contributed by atoms with van der Waals surface area (Å²) < 4.78 is 11.0. The summed E-state index contributed by atoms with van der Waals surface area (Å²) in [4.78, 5) is 12.2. The molecular weight excluding hydrogens is 252 g/mol. The molecule has 0 saturated carbocycles. The van der Waals surface area contributed by atoms with Gasteiger partial charge in [0.05, 0.1) is 12.5 Å². The Morgan fingerprint density at radius 1 is 1.00 bits per heavy atom. The summed E-state index contributed by atoms with van der Waals surface area (Å²) in [5, 5.41) is 2.78. The first kappa shape index (κ1) is 12.7. The lowest BCUT2D eigenvalue weighted by Crippen LogP contribution is -2.03. The van der Waals surface area contributed by atoms with Crippen LogP contribution in [0.5, 0.6) is 5.75 Å². The van der Waals surface area contributed by atoms with Crippen LogP contribution in [-0.4, -0.2) is 7.11 Å². The third kappa shape index (κ3) is 1.78. The third-order valence-electron chi connectivity index (χ3n) is 3.71. The number of hydrogen-bond acceptors (Lipinski definition) is 3. The highest BCUT2D eigenvalue weighted by atomic mass is 16.5. The van der Waals surface area contributed by atoms with E-state index in [2.05, 4.69) is 0 Å². The van der Waals surface area contributed by atoms with Crippen molar-refractivity contribution in [3.8, 4) is 5.75 Å². The van der Waals surface area contributed by atoms with Crippen LogP contribution in [-0.2, 0) is 0 Å². The number of benzene rings is 2. The lowest BCUT2D eigenvalue weighted by molar-refractivity contribution is 0.415. The molecule has 0 atom stereocenters. The van der Waals surface area contributed by atoms with Crippen molar-refractivity contribution in [2.24, 2.45) is 0 Å². The van der Waals surface area contributed by atoms with Crippen molar-refractivity contribution in [3.05, 3.63) is 51.4 Å². The second-order valence-electron chi connectivity index (χ2n) is 5.14. The molecule has 0 saturated heterocycles. The first-order valence-corrected chi connectivity index (χ1v) is 6.53. The molecule has 20 heavy (non-hydrogen) atoms. The van der Waals surface area contributed by atoms with E-state index in [1.807, 2.05) is 32.0 Å². The van der Waals surface area contributed by atoms with Gasteiger partial charge in [0, 0.05) is 6.07 Å². The normalized spacial score (nSPS) is 11.2. The second-order valence-corrected chi connectivity index (χ2v) is 5.14. The lowest BCUT2D eigenvalue weighted by Gasteiger charge is -2.11. The topological polar surface area (TPSA) is 39.4 Å². The zero-order valence-electron chi connectivity index (χ0n) is 12.0. The average molecular weight is 268 g/mol. The van der Waals surface area contributed by atoms with E-state index in [9.17, 15) is 4.79 Å². The largest absolute Gasteiger partial charge is 0.497 e. The maximum absolute atomic E-state index is 12.2. The number of fused-ring (bicyclic) bond motifs is 2. The van der Waals surface area contributed by atoms with Crippen molar-refractivity contribution in [1.82, 2.24) is 0 Å². The Morgan fingerprint density at radius 3 is 2.45 bits per heavy atom. The van der Waals surface area contributed by atoms with E-state index in [-0.39, 0.29) is 5.43 Å². The number of ether oxygens (including phenoxy) is 1. The minimum absolute atomic E-state index is 0.0124. The average Bonchev–Trinajstić information content (AvgIpc) is 2.36. The lowest BCUT2D eigenvalue weighted by atomic mass is 9.97. The Kier molecular flexibility index (Phi) is 2.78. The van der Waals surface area contributed by atoms with Gasteiger partial charge in [-0.05, 0) is 60.9 Å². The molecule has 0 amide bonds. The smallest absolute Gasteiger partial charge is 0.193 e. The second kappa shape index (κ2) is 4.37. The van der Waals surface area contributed by atoms with E-state index in [0.717, 1.165) is 27.6 Å². The Labute approximate surface area is 116 Å². The molecule has 102 valence electrons. The van der Waals surface area contributed by atoms with Gasteiger partial charge in [0.2, 0.25) is 0 Å². The van der Waals surface area contributed by atoms with Crippen molar-refractivity contribution >= 4 is 21.7 Å². The third-order valence-corrected chi connectivity index (χ3v) is 3.71. The van der Waals surface area contributed by atoms with Gasteiger partial charge in [0.15, 0.2) is 5.43 Å². The van der Waals surface area contributed by atoms with E-state index in [1.54, 1.807) is 20.1 Å². The molecule has 0 aliphatic rings. The molecule has 3 aromatic rings. The van der Waals surface area contributed by atoms with Gasteiger partial charge in [-0.3, -0.25) is 4.79 Å². The molecule has 0 aliphatic carbocycles. The van der Waals surface area contributed by atoms with E-state index in [4.69, 9.17) is 9.15 Å². The Morgan fingerprint density at radius 2 is 1.75 bits per heavy atom. The summed E-state index contributed by atoms with van der Waals surface area (Å²) in [6, 6.07) is 7.41. The Bertz CT molecular complexity index is 888. The van der Waals surface area contributed by atoms with Crippen molar-refractivity contribution in [1.29, 1.82) is 0 Å². The standard InChI is InChI=1S/C17H16O3/c1-9-5-13(19-4)7-12-8-15-17(11(3)16(9)12)14(18)6-10(2)20-15/h5-8H,1-4H3. The monoisotopic (exact) mass is 268 g/mol. The van der Waals surface area contributed by atoms with Crippen LogP contribution in [0, 0.1) is 20.8 Å². The van der Waals surface area contributed by atoms with Gasteiger partial charge in [-0.1, -0.05) is 0 Å². The van der Waals surface area contributed by atoms with Gasteiger partial charge < -0.3 is 9.15 Å². The summed E-state index contributed by atoms with van der Waals surface area (Å²) >= 11 is 0. The quantitative estimate of drug-likeness (QED) is 0.629. The first-order valence-electron chi connectivity index (χ1n) is 6.53. The Balaban J connectivity index is 2.57. The van der Waals surface area contributed by atoms with E-state index >= 15 is 0 Å². The molecule has 0 aliphatic heterocycles. The molecule has 0 N–H and O–H groups in total. The van der Waals surface area contributed by atoms with E-state index < -0.39 is 0 Å². The van der Waals surface area contributed by atoms with Crippen LogP contribution in [0.1, 0.15) is 16.9 Å². The number of hydrogen-bond donors (Lipinski definition) is 0. The van der Waals surface area contributed by atoms with Crippen LogP contribution in [0.25, 0.3) is 21.7 Å². The predicted octanol–water partition coefficient (Wildman–Crippen LogP) is 3.88. The predicted molar refractivity (Wildman–Crippen MR) is 80.8 cm³/mol. The van der Waals surface area contributed by atoms with Crippen LogP contribution in [0.2, 0.25) is 0 Å². The van der Waals surface area contributed by atoms with Crippen molar-refractivity contribution < 1.29 is 9.15 Å². The summed E-state index contributed by atoms with van der Waals surface area (Å²) in [6.45, 7) is 5.78. The summed E-state index contributed by atoms with van der Waals surface area (Å²) in [6.07, 6.45) is 0. The summed E-state index contributed by atoms with van der Waals surface area (Å²) in [5.74, 6) is 1.43. The van der Waals surface area contributed by atoms with Gasteiger partial charge in [-0.2, -0.15) is 0 Å². The zero-order chi connectivity index (χ0) is 14.4. The molecule has 2 aromatic carbocycles. The maximum atomic E-state index is 12.2. The van der Waals surface area contributed by atoms with Crippen molar-refractivity contribution in [3.63, 3.8) is 0 Å². The highest BCUT2D eigenvalue weighted by Gasteiger charge is 2.12. The highest BCUT2D eigenvalue weighted by Crippen LogP contribution is 2.32. The van der Waals surface area contributed by atoms with Gasteiger partial charge in [0.25, 0.3) is 0 Å². The molecule has 3 rings (SSSR count). The fraction of sp³-hybridized carbons (Fsp3) is 0.235. The van der Waals surface area contributed by atoms with Crippen LogP contribution in [0.4, 0.5) is 0 Å². The molecule has 3 nitrogen and oxygen atoms in total. The van der Waals surface area contributed by atoms with Crippen LogP contribution < -0.4 is 10.2 Å². The first-order chi connectivity index (χ1) is 9.51. The molecule has 0 radical (unpaired) electrons. The molecule has 3 heteroatoms. The van der Waals surface area contributed by atoms with E-state index in [0.29, 0.717) is 16.7 Å². The molecule has 1 heterocycles. The SMILES string of the molecule is COc1cc(C)c2c(C)c3c(=O)cc(C)oc3cc2c1. The van der Waals surface area contributed by atoms with Gasteiger partial charge in [0.1, 0.15) is 17.1 Å². The molecular formula is C17H16O3. The van der Waals surface area contributed by atoms with Gasteiger partial charge in [-0.25, -0.2) is 0 Å². The minimum atomic E-state index is 0.0124. The zero-order valence-corrected chi connectivity index (χ0v) is 12.0. The van der Waals surface area contributed by atoms with Crippen molar-refractivity contribution in [2.45, 2.75) is 20.8 Å². The highest BCUT2D eigenvalue weighted by molar-refractivity contribution is 6.01. The number of methoxy groups -OCH3 is 1. The van der Waals surface area contributed by atoms with Crippen LogP contribution in [0.3, 0.4) is 0 Å². The Hall–Kier alpha value is -2.29. The van der Waals surface area contributed by atoms with E-state index in [1.165, 1.54) is 0 Å². The number of aryl methyl sites for hydroxylation is 3. The van der Waals surface area contributed by atoms with Gasteiger partial charge >= 0.3 is 0 Å². The van der Waals surface area contributed by atoms with Gasteiger partial charge in [-0.15, -0.1) is 0 Å². The fourth-order valence-corrected chi connectivity index (χ4v) is 2.89. The van der Waals surface area contributed by atoms with Crippen LogP contribution in [0.15, 0.2) is 33.5 Å². The molecule has 0 unspecified atom stereocenters. The van der Waals surface area contributed by atoms with Crippen molar-refractivity contribution in [2.75, 3.05) is 7.11 Å². The molecule has 0 bridgehead atoms. The maximum Gasteiger partial charge on any atom is 0.193 e. The summed E-state index contributed by atoms with van der Waals surface area (Å²) in [7, 11) is 1.65. The fourth-order valence-electron chi connectivity index (χ4n) is 2.89. The minimum Gasteiger partial charge on any atom is -0.497 e. The van der Waals surface area contributed by atoms with Crippen LogP contribution >= 0.6 is 0 Å². The molecule has 0 fully saturated rings. The number of rotatable bonds is 1. The molecule has 1 aromatic heterocycles. The summed E-state index contributed by atoms with van der Waals surface area (Å²) in [5.41, 5.74) is 2.70. The molecule has 0 spiro atoms.